The van der Waals surface area contributed by atoms with Gasteiger partial charge in [-0.2, -0.15) is 0 Å². The number of unbranched alkanes of at least 4 members (excludes halogenated alkanes) is 1. The summed E-state index contributed by atoms with van der Waals surface area (Å²) in [6.45, 7) is 7.92. The fourth-order valence-corrected chi connectivity index (χ4v) is 4.24. The molecule has 1 heterocycles. The maximum atomic E-state index is 5.78. The normalized spacial score (nSPS) is 28.9. The van der Waals surface area contributed by atoms with E-state index >= 15 is 0 Å². The van der Waals surface area contributed by atoms with E-state index in [1.165, 1.54) is 77.4 Å². The summed E-state index contributed by atoms with van der Waals surface area (Å²) in [7, 11) is 0. The Balaban J connectivity index is 1.75. The van der Waals surface area contributed by atoms with Gasteiger partial charge >= 0.3 is 0 Å². The molecule has 3 N–H and O–H groups in total. The summed E-state index contributed by atoms with van der Waals surface area (Å²) in [5.41, 5.74) is 5.78. The summed E-state index contributed by atoms with van der Waals surface area (Å²) in [5.74, 6) is 1.83. The van der Waals surface area contributed by atoms with Crippen molar-refractivity contribution in [2.24, 2.45) is 17.6 Å². The van der Waals surface area contributed by atoms with Crippen LogP contribution in [0.5, 0.6) is 0 Å². The first-order valence-electron chi connectivity index (χ1n) is 9.47. The fourth-order valence-electron chi connectivity index (χ4n) is 4.24. The molecule has 1 saturated carbocycles. The molecule has 1 saturated heterocycles. The predicted molar refractivity (Wildman–Crippen MR) is 91.5 cm³/mol. The summed E-state index contributed by atoms with van der Waals surface area (Å²) in [6, 6.07) is 0.703. The minimum atomic E-state index is 0.703. The highest BCUT2D eigenvalue weighted by Gasteiger charge is 2.26. The molecule has 2 atom stereocenters. The second kappa shape index (κ2) is 9.81. The minimum Gasteiger partial charge on any atom is -0.329 e. The van der Waals surface area contributed by atoms with Gasteiger partial charge in [-0.1, -0.05) is 39.0 Å². The van der Waals surface area contributed by atoms with Gasteiger partial charge in [-0.05, 0) is 44.1 Å². The Hall–Kier alpha value is -0.120. The predicted octanol–water partition coefficient (Wildman–Crippen LogP) is 3.00. The highest BCUT2D eigenvalue weighted by atomic mass is 15.2. The van der Waals surface area contributed by atoms with Crippen LogP contribution >= 0.6 is 0 Å². The van der Waals surface area contributed by atoms with Crippen molar-refractivity contribution in [3.05, 3.63) is 0 Å². The molecule has 2 aliphatic rings. The average Bonchev–Trinajstić information content (AvgIpc) is 2.52. The van der Waals surface area contributed by atoms with Crippen molar-refractivity contribution in [1.29, 1.82) is 0 Å². The first kappa shape index (κ1) is 17.2. The molecule has 1 aliphatic carbocycles. The number of nitrogens with one attached hydrogen (secondary N) is 1. The van der Waals surface area contributed by atoms with Gasteiger partial charge < -0.3 is 16.0 Å². The lowest BCUT2D eigenvalue weighted by Crippen LogP contribution is -2.51. The number of nitrogens with two attached hydrogens (primary N) is 1. The van der Waals surface area contributed by atoms with Gasteiger partial charge in [0.15, 0.2) is 0 Å². The van der Waals surface area contributed by atoms with E-state index in [0.29, 0.717) is 6.04 Å². The van der Waals surface area contributed by atoms with Crippen molar-refractivity contribution >= 4 is 0 Å². The minimum absolute atomic E-state index is 0.703. The molecule has 3 heteroatoms. The molecule has 0 aromatic carbocycles. The van der Waals surface area contributed by atoms with Crippen LogP contribution in [0.2, 0.25) is 0 Å². The van der Waals surface area contributed by atoms with Crippen LogP contribution in [-0.4, -0.2) is 43.7 Å². The van der Waals surface area contributed by atoms with Gasteiger partial charge in [0.1, 0.15) is 0 Å². The van der Waals surface area contributed by atoms with Gasteiger partial charge in [-0.25, -0.2) is 0 Å². The van der Waals surface area contributed by atoms with E-state index < -0.39 is 0 Å². The van der Waals surface area contributed by atoms with Crippen molar-refractivity contribution in [2.75, 3.05) is 32.7 Å². The van der Waals surface area contributed by atoms with Crippen LogP contribution in [0.1, 0.15) is 64.7 Å². The number of hydrogen-bond acceptors (Lipinski definition) is 3. The summed E-state index contributed by atoms with van der Waals surface area (Å²) >= 11 is 0. The van der Waals surface area contributed by atoms with Crippen molar-refractivity contribution in [3.63, 3.8) is 0 Å². The smallest absolute Gasteiger partial charge is 0.0198 e. The summed E-state index contributed by atoms with van der Waals surface area (Å²) in [6.07, 6.45) is 12.8. The van der Waals surface area contributed by atoms with E-state index in [1.807, 2.05) is 0 Å². The largest absolute Gasteiger partial charge is 0.329 e. The zero-order valence-electron chi connectivity index (χ0n) is 14.2. The van der Waals surface area contributed by atoms with Crippen LogP contribution < -0.4 is 11.1 Å². The third-order valence-electron chi connectivity index (χ3n) is 5.44. The molecule has 124 valence electrons. The first-order valence-corrected chi connectivity index (χ1v) is 9.47. The highest BCUT2D eigenvalue weighted by molar-refractivity contribution is 4.84. The molecular formula is C18H37N3. The number of nitrogens with zero attached hydrogens (tertiary/aromatic N) is 1. The van der Waals surface area contributed by atoms with E-state index in [0.717, 1.165) is 24.9 Å². The monoisotopic (exact) mass is 295 g/mol. The number of piperidine rings is 1. The Morgan fingerprint density at radius 1 is 1.10 bits per heavy atom. The molecule has 2 rings (SSSR count). The summed E-state index contributed by atoms with van der Waals surface area (Å²) in [4.78, 5) is 2.60. The van der Waals surface area contributed by atoms with Gasteiger partial charge in [0.05, 0.1) is 0 Å². The van der Waals surface area contributed by atoms with E-state index in [2.05, 4.69) is 17.1 Å². The van der Waals surface area contributed by atoms with Gasteiger partial charge in [-0.15, -0.1) is 0 Å². The Morgan fingerprint density at radius 2 is 1.90 bits per heavy atom. The molecule has 0 radical (unpaired) electrons. The zero-order chi connectivity index (χ0) is 14.9. The molecule has 0 bridgehead atoms. The molecule has 0 amide bonds. The van der Waals surface area contributed by atoms with Crippen molar-refractivity contribution in [1.82, 2.24) is 10.2 Å². The number of likely N-dealkylation sites (tertiary alicyclic amines) is 1. The third kappa shape index (κ3) is 6.25. The number of rotatable bonds is 8. The molecule has 2 unspecified atom stereocenters. The van der Waals surface area contributed by atoms with Crippen LogP contribution in [0.15, 0.2) is 0 Å². The molecule has 21 heavy (non-hydrogen) atoms. The topological polar surface area (TPSA) is 41.3 Å². The Kier molecular flexibility index (Phi) is 8.05. The van der Waals surface area contributed by atoms with Crippen LogP contribution in [0.3, 0.4) is 0 Å². The molecule has 0 spiro atoms. The third-order valence-corrected chi connectivity index (χ3v) is 5.44. The lowest BCUT2D eigenvalue weighted by atomic mass is 9.87. The molecular weight excluding hydrogens is 258 g/mol. The van der Waals surface area contributed by atoms with E-state index in [4.69, 9.17) is 5.73 Å². The zero-order valence-corrected chi connectivity index (χ0v) is 14.2. The first-order chi connectivity index (χ1) is 10.3. The summed E-state index contributed by atoms with van der Waals surface area (Å²) < 4.78 is 0. The van der Waals surface area contributed by atoms with Crippen molar-refractivity contribution in [3.8, 4) is 0 Å². The molecule has 0 aromatic heterocycles. The fraction of sp³-hybridized carbons (Fsp3) is 1.00. The maximum Gasteiger partial charge on any atom is 0.0198 e. The Bertz CT molecular complexity index is 263. The SMILES string of the molecule is CCCCC1CC(NCC2CCCCC2)CN(CCN)C1. The standard InChI is InChI=1S/C18H37N3/c1-2-3-7-17-12-18(15-21(14-17)11-10-19)20-13-16-8-5-4-6-9-16/h16-18,20H,2-15,19H2,1H3. The average molecular weight is 296 g/mol. The lowest BCUT2D eigenvalue weighted by Gasteiger charge is -2.39. The second-order valence-corrected chi connectivity index (χ2v) is 7.40. The Labute approximate surface area is 132 Å². The van der Waals surface area contributed by atoms with E-state index in [9.17, 15) is 0 Å². The van der Waals surface area contributed by atoms with Crippen molar-refractivity contribution in [2.45, 2.75) is 70.8 Å². The van der Waals surface area contributed by atoms with Crippen LogP contribution in [0.4, 0.5) is 0 Å². The van der Waals surface area contributed by atoms with Gasteiger partial charge in [0.25, 0.3) is 0 Å². The highest BCUT2D eigenvalue weighted by Crippen LogP contribution is 2.25. The van der Waals surface area contributed by atoms with Crippen LogP contribution in [0, 0.1) is 11.8 Å². The Morgan fingerprint density at radius 3 is 2.62 bits per heavy atom. The summed E-state index contributed by atoms with van der Waals surface area (Å²) in [5, 5.41) is 3.90. The molecule has 1 aliphatic heterocycles. The number of hydrogen-bond donors (Lipinski definition) is 2. The van der Waals surface area contributed by atoms with Gasteiger partial charge in [0.2, 0.25) is 0 Å². The second-order valence-electron chi connectivity index (χ2n) is 7.40. The molecule has 2 fully saturated rings. The van der Waals surface area contributed by atoms with Gasteiger partial charge in [0, 0.05) is 32.2 Å². The maximum absolute atomic E-state index is 5.78. The van der Waals surface area contributed by atoms with Crippen molar-refractivity contribution < 1.29 is 0 Å². The van der Waals surface area contributed by atoms with E-state index in [1.54, 1.807) is 0 Å². The van der Waals surface area contributed by atoms with E-state index in [-0.39, 0.29) is 0 Å². The lowest BCUT2D eigenvalue weighted by molar-refractivity contribution is 0.133. The quantitative estimate of drug-likeness (QED) is 0.723. The molecule has 0 aromatic rings. The van der Waals surface area contributed by atoms with Gasteiger partial charge in [-0.3, -0.25) is 0 Å². The van der Waals surface area contributed by atoms with Crippen LogP contribution in [-0.2, 0) is 0 Å². The van der Waals surface area contributed by atoms with Crippen LogP contribution in [0.25, 0.3) is 0 Å². The molecule has 3 nitrogen and oxygen atoms in total.